The number of rotatable bonds is 3. The maximum absolute atomic E-state index is 4.15. The standard InChI is InChI=1S/C21H25N5/c1-23-17-26(18-25-13-10-22-16-25)15-20-14-24(12-9-21(20)23)11-5-8-19-6-3-2-4-7-19/h2-4,6-7,10,13,16H,9,11-12,14-15,17-18H2,1H3. The highest BCUT2D eigenvalue weighted by Gasteiger charge is 2.27. The van der Waals surface area contributed by atoms with Gasteiger partial charge in [0.2, 0.25) is 0 Å². The molecule has 0 saturated heterocycles. The third-order valence-corrected chi connectivity index (χ3v) is 5.01. The molecule has 134 valence electrons. The van der Waals surface area contributed by atoms with Crippen LogP contribution in [0.5, 0.6) is 0 Å². The summed E-state index contributed by atoms with van der Waals surface area (Å²) in [4.78, 5) is 11.5. The normalized spacial score (nSPS) is 18.4. The van der Waals surface area contributed by atoms with Gasteiger partial charge in [-0.15, -0.1) is 0 Å². The van der Waals surface area contributed by atoms with Gasteiger partial charge in [-0.1, -0.05) is 30.0 Å². The summed E-state index contributed by atoms with van der Waals surface area (Å²) in [5, 5.41) is 0. The molecule has 0 spiro atoms. The minimum Gasteiger partial charge on any atom is -0.365 e. The van der Waals surface area contributed by atoms with Crippen LogP contribution in [0.4, 0.5) is 0 Å². The highest BCUT2D eigenvalue weighted by molar-refractivity contribution is 5.34. The van der Waals surface area contributed by atoms with E-state index < -0.39 is 0 Å². The van der Waals surface area contributed by atoms with Crippen molar-refractivity contribution in [3.63, 3.8) is 0 Å². The average Bonchev–Trinajstić information content (AvgIpc) is 3.15. The molecule has 0 unspecified atom stereocenters. The summed E-state index contributed by atoms with van der Waals surface area (Å²) >= 11 is 0. The molecular weight excluding hydrogens is 322 g/mol. The van der Waals surface area contributed by atoms with Crippen LogP contribution in [0, 0.1) is 11.8 Å². The van der Waals surface area contributed by atoms with E-state index in [1.807, 2.05) is 36.9 Å². The van der Waals surface area contributed by atoms with Crippen LogP contribution < -0.4 is 0 Å². The Morgan fingerprint density at radius 1 is 1.12 bits per heavy atom. The van der Waals surface area contributed by atoms with Crippen LogP contribution in [0.1, 0.15) is 12.0 Å². The van der Waals surface area contributed by atoms with Crippen LogP contribution in [0.3, 0.4) is 0 Å². The third kappa shape index (κ3) is 3.98. The van der Waals surface area contributed by atoms with Gasteiger partial charge in [-0.05, 0) is 17.7 Å². The molecule has 2 aromatic rings. The first-order valence-electron chi connectivity index (χ1n) is 9.14. The first kappa shape index (κ1) is 16.9. The van der Waals surface area contributed by atoms with Crippen molar-refractivity contribution in [2.75, 3.05) is 39.9 Å². The van der Waals surface area contributed by atoms with Crippen molar-refractivity contribution in [1.82, 2.24) is 24.3 Å². The van der Waals surface area contributed by atoms with Crippen LogP contribution in [-0.4, -0.2) is 64.1 Å². The van der Waals surface area contributed by atoms with Crippen molar-refractivity contribution in [2.45, 2.75) is 13.1 Å². The van der Waals surface area contributed by atoms with Crippen molar-refractivity contribution in [1.29, 1.82) is 0 Å². The van der Waals surface area contributed by atoms with Crippen molar-refractivity contribution < 1.29 is 0 Å². The molecule has 5 heteroatoms. The number of hydrogen-bond donors (Lipinski definition) is 0. The lowest BCUT2D eigenvalue weighted by molar-refractivity contribution is 0.115. The average molecular weight is 347 g/mol. The predicted octanol–water partition coefficient (Wildman–Crippen LogP) is 2.06. The van der Waals surface area contributed by atoms with Gasteiger partial charge < -0.3 is 9.47 Å². The summed E-state index contributed by atoms with van der Waals surface area (Å²) in [7, 11) is 2.21. The lowest BCUT2D eigenvalue weighted by atomic mass is 10.0. The topological polar surface area (TPSA) is 27.5 Å². The molecule has 26 heavy (non-hydrogen) atoms. The minimum absolute atomic E-state index is 0.830. The summed E-state index contributed by atoms with van der Waals surface area (Å²) in [5.74, 6) is 6.61. The van der Waals surface area contributed by atoms with Crippen molar-refractivity contribution in [3.8, 4) is 11.8 Å². The van der Waals surface area contributed by atoms with E-state index in [0.717, 1.165) is 51.5 Å². The van der Waals surface area contributed by atoms with E-state index in [2.05, 4.69) is 55.3 Å². The molecule has 2 aliphatic heterocycles. The van der Waals surface area contributed by atoms with Gasteiger partial charge >= 0.3 is 0 Å². The van der Waals surface area contributed by atoms with E-state index in [-0.39, 0.29) is 0 Å². The van der Waals surface area contributed by atoms with Gasteiger partial charge in [-0.3, -0.25) is 9.80 Å². The Bertz CT molecular complexity index is 813. The van der Waals surface area contributed by atoms with Gasteiger partial charge in [0, 0.05) is 56.8 Å². The molecule has 0 aliphatic carbocycles. The molecule has 0 saturated carbocycles. The van der Waals surface area contributed by atoms with Gasteiger partial charge in [0.05, 0.1) is 26.2 Å². The summed E-state index contributed by atoms with van der Waals surface area (Å²) in [6.07, 6.45) is 6.87. The van der Waals surface area contributed by atoms with Gasteiger partial charge in [0.15, 0.2) is 0 Å². The Morgan fingerprint density at radius 3 is 2.77 bits per heavy atom. The second-order valence-corrected chi connectivity index (χ2v) is 7.07. The largest absolute Gasteiger partial charge is 0.365 e. The molecule has 2 aliphatic rings. The van der Waals surface area contributed by atoms with E-state index in [1.165, 1.54) is 11.3 Å². The lowest BCUT2D eigenvalue weighted by Gasteiger charge is -2.42. The Kier molecular flexibility index (Phi) is 5.05. The van der Waals surface area contributed by atoms with Crippen LogP contribution in [0.2, 0.25) is 0 Å². The van der Waals surface area contributed by atoms with Gasteiger partial charge in [0.1, 0.15) is 0 Å². The molecule has 0 N–H and O–H groups in total. The van der Waals surface area contributed by atoms with Gasteiger partial charge in [-0.25, -0.2) is 4.98 Å². The number of nitrogens with zero attached hydrogens (tertiary/aromatic N) is 5. The molecule has 0 fully saturated rings. The zero-order valence-electron chi connectivity index (χ0n) is 15.3. The number of hydrogen-bond acceptors (Lipinski definition) is 4. The van der Waals surface area contributed by atoms with Crippen LogP contribution in [0.25, 0.3) is 0 Å². The fourth-order valence-corrected chi connectivity index (χ4v) is 3.79. The molecule has 0 atom stereocenters. The Balaban J connectivity index is 1.38. The second-order valence-electron chi connectivity index (χ2n) is 7.07. The van der Waals surface area contributed by atoms with Gasteiger partial charge in [0.25, 0.3) is 0 Å². The Hall–Kier alpha value is -2.55. The first-order chi connectivity index (χ1) is 12.8. The van der Waals surface area contributed by atoms with E-state index in [9.17, 15) is 0 Å². The highest BCUT2D eigenvalue weighted by Crippen LogP contribution is 2.25. The summed E-state index contributed by atoms with van der Waals surface area (Å²) in [6, 6.07) is 10.2. The smallest absolute Gasteiger partial charge is 0.0957 e. The molecule has 3 heterocycles. The fourth-order valence-electron chi connectivity index (χ4n) is 3.79. The fraction of sp³-hybridized carbons (Fsp3) is 0.381. The zero-order valence-corrected chi connectivity index (χ0v) is 15.3. The molecule has 0 amide bonds. The van der Waals surface area contributed by atoms with E-state index in [1.54, 1.807) is 0 Å². The molecule has 1 aromatic heterocycles. The molecular formula is C21H25N5. The van der Waals surface area contributed by atoms with Crippen molar-refractivity contribution >= 4 is 0 Å². The summed E-state index contributed by atoms with van der Waals surface area (Å²) in [5.41, 5.74) is 4.15. The van der Waals surface area contributed by atoms with Crippen LogP contribution >= 0.6 is 0 Å². The molecule has 0 bridgehead atoms. The molecule has 0 radical (unpaired) electrons. The maximum Gasteiger partial charge on any atom is 0.0957 e. The minimum atomic E-state index is 0.830. The highest BCUT2D eigenvalue weighted by atomic mass is 15.4. The van der Waals surface area contributed by atoms with Gasteiger partial charge in [-0.2, -0.15) is 0 Å². The maximum atomic E-state index is 4.15. The second kappa shape index (κ2) is 7.77. The quantitative estimate of drug-likeness (QED) is 0.795. The predicted molar refractivity (Wildman–Crippen MR) is 103 cm³/mol. The van der Waals surface area contributed by atoms with Crippen LogP contribution in [-0.2, 0) is 6.67 Å². The van der Waals surface area contributed by atoms with Crippen molar-refractivity contribution in [2.24, 2.45) is 0 Å². The molecule has 1 aromatic carbocycles. The SMILES string of the molecule is CN1CN(Cn2ccnc2)CC2=C1CCN(CC#Cc1ccccc1)C2. The van der Waals surface area contributed by atoms with Crippen molar-refractivity contribution in [3.05, 3.63) is 65.9 Å². The van der Waals surface area contributed by atoms with E-state index >= 15 is 0 Å². The summed E-state index contributed by atoms with van der Waals surface area (Å²) in [6.45, 7) is 5.83. The zero-order chi connectivity index (χ0) is 17.8. The van der Waals surface area contributed by atoms with E-state index in [0.29, 0.717) is 0 Å². The van der Waals surface area contributed by atoms with E-state index in [4.69, 9.17) is 0 Å². The molecule has 5 nitrogen and oxygen atoms in total. The number of imidazole rings is 1. The summed E-state index contributed by atoms with van der Waals surface area (Å²) < 4.78 is 2.13. The third-order valence-electron chi connectivity index (χ3n) is 5.01. The van der Waals surface area contributed by atoms with Crippen LogP contribution in [0.15, 0.2) is 60.3 Å². The Labute approximate surface area is 155 Å². The lowest BCUT2D eigenvalue weighted by Crippen LogP contribution is -2.47. The molecule has 4 rings (SSSR count). The Morgan fingerprint density at radius 2 is 1.96 bits per heavy atom. The number of benzene rings is 1. The monoisotopic (exact) mass is 347 g/mol. The number of aromatic nitrogens is 2. The first-order valence-corrected chi connectivity index (χ1v) is 9.14.